The van der Waals surface area contributed by atoms with Crippen LogP contribution >= 0.6 is 0 Å². The van der Waals surface area contributed by atoms with Crippen LogP contribution in [0.5, 0.6) is 5.75 Å². The summed E-state index contributed by atoms with van der Waals surface area (Å²) in [6.07, 6.45) is 0.799. The predicted octanol–water partition coefficient (Wildman–Crippen LogP) is 3.13. The SMILES string of the molecule is COc1ccc(C=O)cc1Nc1n[nH]c2ccccc12. The monoisotopic (exact) mass is 267 g/mol. The minimum atomic E-state index is 0.577. The van der Waals surface area contributed by atoms with E-state index in [1.54, 1.807) is 25.3 Å². The number of aromatic amines is 1. The van der Waals surface area contributed by atoms with Crippen LogP contribution in [0.15, 0.2) is 42.5 Å². The Morgan fingerprint density at radius 2 is 2.10 bits per heavy atom. The van der Waals surface area contributed by atoms with Gasteiger partial charge >= 0.3 is 0 Å². The van der Waals surface area contributed by atoms with Gasteiger partial charge in [0.1, 0.15) is 12.0 Å². The zero-order valence-corrected chi connectivity index (χ0v) is 10.9. The number of carbonyl (C=O) groups is 1. The summed E-state index contributed by atoms with van der Waals surface area (Å²) < 4.78 is 5.29. The molecule has 0 saturated carbocycles. The highest BCUT2D eigenvalue weighted by Crippen LogP contribution is 2.30. The van der Waals surface area contributed by atoms with E-state index in [-0.39, 0.29) is 0 Å². The first-order valence-corrected chi connectivity index (χ1v) is 6.15. The van der Waals surface area contributed by atoms with Gasteiger partial charge in [-0.05, 0) is 30.3 Å². The maximum absolute atomic E-state index is 10.9. The molecule has 0 spiro atoms. The molecule has 0 radical (unpaired) electrons. The highest BCUT2D eigenvalue weighted by atomic mass is 16.5. The molecule has 100 valence electrons. The van der Waals surface area contributed by atoms with E-state index in [1.807, 2.05) is 24.3 Å². The fourth-order valence-corrected chi connectivity index (χ4v) is 2.08. The molecule has 1 aromatic heterocycles. The standard InChI is InChI=1S/C15H13N3O2/c1-20-14-7-6-10(9-19)8-13(14)16-15-11-4-2-3-5-12(11)17-18-15/h2-9H,1H3,(H2,16,17,18). The largest absolute Gasteiger partial charge is 0.495 e. The number of hydrogen-bond donors (Lipinski definition) is 2. The van der Waals surface area contributed by atoms with Gasteiger partial charge in [0.05, 0.1) is 18.3 Å². The van der Waals surface area contributed by atoms with E-state index in [2.05, 4.69) is 15.5 Å². The van der Waals surface area contributed by atoms with Gasteiger partial charge in [0, 0.05) is 10.9 Å². The first-order valence-electron chi connectivity index (χ1n) is 6.15. The van der Waals surface area contributed by atoms with Crippen molar-refractivity contribution in [1.82, 2.24) is 10.2 Å². The number of fused-ring (bicyclic) bond motifs is 1. The van der Waals surface area contributed by atoms with Crippen LogP contribution in [0.2, 0.25) is 0 Å². The van der Waals surface area contributed by atoms with Crippen molar-refractivity contribution in [1.29, 1.82) is 0 Å². The van der Waals surface area contributed by atoms with Crippen LogP contribution in [-0.2, 0) is 0 Å². The summed E-state index contributed by atoms with van der Waals surface area (Å²) in [4.78, 5) is 10.9. The van der Waals surface area contributed by atoms with Crippen molar-refractivity contribution in [3.8, 4) is 5.75 Å². The zero-order valence-electron chi connectivity index (χ0n) is 10.9. The normalized spacial score (nSPS) is 10.4. The van der Waals surface area contributed by atoms with Gasteiger partial charge in [-0.1, -0.05) is 12.1 Å². The van der Waals surface area contributed by atoms with Crippen molar-refractivity contribution in [2.24, 2.45) is 0 Å². The summed E-state index contributed by atoms with van der Waals surface area (Å²) in [5.74, 6) is 1.35. The molecule has 20 heavy (non-hydrogen) atoms. The zero-order chi connectivity index (χ0) is 13.9. The number of ether oxygens (including phenoxy) is 1. The number of H-pyrrole nitrogens is 1. The van der Waals surface area contributed by atoms with Gasteiger partial charge in [-0.15, -0.1) is 0 Å². The van der Waals surface area contributed by atoms with Crippen LogP contribution in [-0.4, -0.2) is 23.6 Å². The summed E-state index contributed by atoms with van der Waals surface area (Å²) in [5, 5.41) is 11.4. The van der Waals surface area contributed by atoms with Crippen LogP contribution in [0.1, 0.15) is 10.4 Å². The van der Waals surface area contributed by atoms with Crippen LogP contribution in [0.25, 0.3) is 10.9 Å². The number of benzene rings is 2. The van der Waals surface area contributed by atoms with Gasteiger partial charge in [-0.25, -0.2) is 0 Å². The highest BCUT2D eigenvalue weighted by molar-refractivity contribution is 5.92. The molecule has 5 nitrogen and oxygen atoms in total. The lowest BCUT2D eigenvalue weighted by molar-refractivity contribution is 0.112. The molecule has 0 atom stereocenters. The second kappa shape index (κ2) is 5.05. The molecule has 0 fully saturated rings. The predicted molar refractivity (Wildman–Crippen MR) is 77.8 cm³/mol. The van der Waals surface area contributed by atoms with E-state index < -0.39 is 0 Å². The van der Waals surface area contributed by atoms with Crippen LogP contribution in [0.4, 0.5) is 11.5 Å². The summed E-state index contributed by atoms with van der Waals surface area (Å²) in [5.41, 5.74) is 2.23. The van der Waals surface area contributed by atoms with Crippen molar-refractivity contribution >= 4 is 28.7 Å². The van der Waals surface area contributed by atoms with Crippen molar-refractivity contribution in [2.45, 2.75) is 0 Å². The van der Waals surface area contributed by atoms with E-state index in [0.717, 1.165) is 17.2 Å². The Morgan fingerprint density at radius 1 is 1.25 bits per heavy atom. The van der Waals surface area contributed by atoms with Crippen molar-refractivity contribution in [3.05, 3.63) is 48.0 Å². The Labute approximate surface area is 115 Å². The number of carbonyl (C=O) groups excluding carboxylic acids is 1. The Hall–Kier alpha value is -2.82. The second-order valence-electron chi connectivity index (χ2n) is 4.32. The van der Waals surface area contributed by atoms with Gasteiger partial charge in [-0.3, -0.25) is 9.89 Å². The van der Waals surface area contributed by atoms with Crippen molar-refractivity contribution in [3.63, 3.8) is 0 Å². The number of hydrogen-bond acceptors (Lipinski definition) is 4. The Bertz CT molecular complexity index is 765. The molecule has 5 heteroatoms. The average molecular weight is 267 g/mol. The fraction of sp³-hybridized carbons (Fsp3) is 0.0667. The minimum Gasteiger partial charge on any atom is -0.495 e. The van der Waals surface area contributed by atoms with Gasteiger partial charge < -0.3 is 10.1 Å². The molecule has 2 N–H and O–H groups in total. The van der Waals surface area contributed by atoms with E-state index in [9.17, 15) is 4.79 Å². The number of para-hydroxylation sites is 1. The maximum atomic E-state index is 10.9. The molecule has 3 aromatic rings. The minimum absolute atomic E-state index is 0.577. The van der Waals surface area contributed by atoms with Gasteiger partial charge in [0.25, 0.3) is 0 Å². The Morgan fingerprint density at radius 3 is 2.90 bits per heavy atom. The molecule has 0 unspecified atom stereocenters. The molecular weight excluding hydrogens is 254 g/mol. The lowest BCUT2D eigenvalue weighted by Gasteiger charge is -2.10. The fourth-order valence-electron chi connectivity index (χ4n) is 2.08. The topological polar surface area (TPSA) is 67.0 Å². The molecule has 0 aliphatic heterocycles. The molecule has 3 rings (SSSR count). The van der Waals surface area contributed by atoms with Gasteiger partial charge in [0.2, 0.25) is 0 Å². The molecule has 1 heterocycles. The van der Waals surface area contributed by atoms with Crippen molar-refractivity contribution in [2.75, 3.05) is 12.4 Å². The third-order valence-corrected chi connectivity index (χ3v) is 3.08. The first kappa shape index (κ1) is 12.2. The Balaban J connectivity index is 2.04. The first-order chi connectivity index (χ1) is 9.81. The Kier molecular flexibility index (Phi) is 3.09. The number of aromatic nitrogens is 2. The smallest absolute Gasteiger partial charge is 0.160 e. The van der Waals surface area contributed by atoms with E-state index in [4.69, 9.17) is 4.74 Å². The van der Waals surface area contributed by atoms with Crippen LogP contribution in [0, 0.1) is 0 Å². The second-order valence-corrected chi connectivity index (χ2v) is 4.32. The van der Waals surface area contributed by atoms with E-state index in [1.165, 1.54) is 0 Å². The molecule has 2 aromatic carbocycles. The quantitative estimate of drug-likeness (QED) is 0.713. The van der Waals surface area contributed by atoms with Gasteiger partial charge in [-0.2, -0.15) is 5.10 Å². The number of rotatable bonds is 4. The number of anilines is 2. The summed E-state index contributed by atoms with van der Waals surface area (Å²) in [6, 6.07) is 13.0. The molecule has 0 bridgehead atoms. The highest BCUT2D eigenvalue weighted by Gasteiger charge is 2.09. The van der Waals surface area contributed by atoms with Gasteiger partial charge in [0.15, 0.2) is 5.82 Å². The molecular formula is C15H13N3O2. The third kappa shape index (κ3) is 2.09. The number of nitrogens with zero attached hydrogens (tertiary/aromatic N) is 1. The summed E-state index contributed by atoms with van der Waals surface area (Å²) in [7, 11) is 1.59. The number of methoxy groups -OCH3 is 1. The average Bonchev–Trinajstić information content (AvgIpc) is 2.90. The number of aldehydes is 1. The lowest BCUT2D eigenvalue weighted by atomic mass is 10.2. The molecule has 0 aliphatic rings. The summed E-state index contributed by atoms with van der Waals surface area (Å²) >= 11 is 0. The lowest BCUT2D eigenvalue weighted by Crippen LogP contribution is -1.96. The molecule has 0 aliphatic carbocycles. The molecule has 0 saturated heterocycles. The van der Waals surface area contributed by atoms with E-state index >= 15 is 0 Å². The van der Waals surface area contributed by atoms with E-state index in [0.29, 0.717) is 22.8 Å². The summed E-state index contributed by atoms with van der Waals surface area (Å²) in [6.45, 7) is 0. The molecule has 0 amide bonds. The third-order valence-electron chi connectivity index (χ3n) is 3.08. The van der Waals surface area contributed by atoms with Crippen LogP contribution in [0.3, 0.4) is 0 Å². The van der Waals surface area contributed by atoms with Crippen LogP contribution < -0.4 is 10.1 Å². The number of nitrogens with one attached hydrogen (secondary N) is 2. The maximum Gasteiger partial charge on any atom is 0.160 e. The van der Waals surface area contributed by atoms with Crippen molar-refractivity contribution < 1.29 is 9.53 Å².